The molecule has 1 aromatic carbocycles. The first kappa shape index (κ1) is 27.7. The van der Waals surface area contributed by atoms with E-state index in [9.17, 15) is 4.79 Å². The summed E-state index contributed by atoms with van der Waals surface area (Å²) in [6, 6.07) is 8.94. The molecule has 0 aliphatic carbocycles. The van der Waals surface area contributed by atoms with Gasteiger partial charge in [-0.3, -0.25) is 14.7 Å². The van der Waals surface area contributed by atoms with Gasteiger partial charge in [-0.1, -0.05) is 13.0 Å². The van der Waals surface area contributed by atoms with E-state index < -0.39 is 6.04 Å². The third-order valence-electron chi connectivity index (χ3n) is 7.78. The summed E-state index contributed by atoms with van der Waals surface area (Å²) < 4.78 is 18.9. The molecule has 3 aromatic heterocycles. The zero-order valence-corrected chi connectivity index (χ0v) is 23.8. The number of tetrazole rings is 1. The second-order valence-electron chi connectivity index (χ2n) is 10.8. The maximum Gasteiger partial charge on any atom is 0.253 e. The third-order valence-corrected chi connectivity index (χ3v) is 7.78. The molecule has 1 N–H and O–H groups in total. The molecule has 0 bridgehead atoms. The number of hydrogen-bond acceptors (Lipinski definition) is 9. The molecule has 40 heavy (non-hydrogen) atoms. The molecule has 212 valence electrons. The number of nitrogens with zero attached hydrogens (tertiary/aromatic N) is 6. The van der Waals surface area contributed by atoms with Gasteiger partial charge in [0.25, 0.3) is 5.56 Å². The predicted octanol–water partition coefficient (Wildman–Crippen LogP) is 3.84. The number of nitrogens with one attached hydrogen (secondary N) is 1. The molecule has 0 saturated carbocycles. The lowest BCUT2D eigenvalue weighted by atomic mass is 9.98. The Labute approximate surface area is 233 Å². The van der Waals surface area contributed by atoms with Crippen LogP contribution in [0.25, 0.3) is 10.9 Å². The molecule has 11 heteroatoms. The molecule has 4 aromatic rings. The van der Waals surface area contributed by atoms with E-state index >= 15 is 0 Å². The van der Waals surface area contributed by atoms with Crippen LogP contribution in [-0.2, 0) is 16.8 Å². The summed E-state index contributed by atoms with van der Waals surface area (Å²) in [5.41, 5.74) is 1.60. The molecule has 0 amide bonds. The smallest absolute Gasteiger partial charge is 0.253 e. The van der Waals surface area contributed by atoms with Crippen molar-refractivity contribution in [1.82, 2.24) is 35.1 Å². The van der Waals surface area contributed by atoms with Crippen LogP contribution in [0.1, 0.15) is 63.0 Å². The van der Waals surface area contributed by atoms with Gasteiger partial charge < -0.3 is 19.2 Å². The average Bonchev–Trinajstić information content (AvgIpc) is 3.66. The monoisotopic (exact) mass is 547 g/mol. The van der Waals surface area contributed by atoms with Gasteiger partial charge in [0.2, 0.25) is 0 Å². The Balaban J connectivity index is 1.72. The molecular weight excluding hydrogens is 510 g/mol. The number of H-pyrrole nitrogens is 1. The van der Waals surface area contributed by atoms with Crippen molar-refractivity contribution in [2.75, 3.05) is 27.4 Å². The molecule has 0 unspecified atom stereocenters. The molecule has 2 atom stereocenters. The number of hydrogen-bond donors (Lipinski definition) is 1. The van der Waals surface area contributed by atoms with Crippen molar-refractivity contribution >= 4 is 10.9 Å². The Kier molecular flexibility index (Phi) is 8.13. The van der Waals surface area contributed by atoms with Crippen molar-refractivity contribution in [1.29, 1.82) is 0 Å². The second kappa shape index (κ2) is 11.7. The normalized spacial score (nSPS) is 16.5. The Morgan fingerprint density at radius 2 is 2.02 bits per heavy atom. The van der Waals surface area contributed by atoms with E-state index in [4.69, 9.17) is 14.2 Å². The molecular formula is C29H37N7O4. The summed E-state index contributed by atoms with van der Waals surface area (Å²) in [7, 11) is 3.17. The topological polar surface area (TPSA) is 120 Å². The maximum absolute atomic E-state index is 13.9. The fourth-order valence-corrected chi connectivity index (χ4v) is 5.23. The maximum atomic E-state index is 13.9. The number of aromatic amines is 1. The largest absolute Gasteiger partial charge is 0.493 e. The Hall–Kier alpha value is -3.83. The first-order valence-corrected chi connectivity index (χ1v) is 13.7. The second-order valence-corrected chi connectivity index (χ2v) is 10.8. The van der Waals surface area contributed by atoms with Gasteiger partial charge in [0.05, 0.1) is 31.4 Å². The average molecular weight is 548 g/mol. The van der Waals surface area contributed by atoms with Crippen LogP contribution in [0.15, 0.2) is 47.5 Å². The highest BCUT2D eigenvalue weighted by molar-refractivity contribution is 5.83. The lowest BCUT2D eigenvalue weighted by Crippen LogP contribution is -2.41. The van der Waals surface area contributed by atoms with E-state index in [2.05, 4.69) is 51.2 Å². The predicted molar refractivity (Wildman–Crippen MR) is 151 cm³/mol. The van der Waals surface area contributed by atoms with E-state index in [1.54, 1.807) is 26.5 Å². The van der Waals surface area contributed by atoms with E-state index in [1.807, 2.05) is 35.1 Å². The summed E-state index contributed by atoms with van der Waals surface area (Å²) in [4.78, 5) is 23.5. The van der Waals surface area contributed by atoms with Gasteiger partial charge in [0.15, 0.2) is 17.3 Å². The number of pyridine rings is 2. The fraction of sp³-hybridized carbons (Fsp3) is 0.483. The lowest BCUT2D eigenvalue weighted by molar-refractivity contribution is 0.0562. The summed E-state index contributed by atoms with van der Waals surface area (Å²) in [5.74, 6) is 1.72. The summed E-state index contributed by atoms with van der Waals surface area (Å²) in [6.07, 6.45) is 6.40. The number of aromatic nitrogens is 6. The summed E-state index contributed by atoms with van der Waals surface area (Å²) in [6.45, 7) is 8.15. The van der Waals surface area contributed by atoms with Crippen LogP contribution < -0.4 is 15.0 Å². The van der Waals surface area contributed by atoms with E-state index in [0.717, 1.165) is 36.8 Å². The summed E-state index contributed by atoms with van der Waals surface area (Å²) >= 11 is 0. The van der Waals surface area contributed by atoms with Gasteiger partial charge in [-0.25, -0.2) is 4.68 Å². The SMILES string of the molecule is CCC(C)(C)n1nnnc1[C@H](c1cc2cc(OC)c(OC)cc2[nH]c1=O)N(Cc1cccnc1)C[C@H]1CCCO1. The van der Waals surface area contributed by atoms with E-state index in [0.29, 0.717) is 41.5 Å². The molecule has 0 spiro atoms. The van der Waals surface area contributed by atoms with Crippen LogP contribution in [-0.4, -0.2) is 68.6 Å². The van der Waals surface area contributed by atoms with Crippen LogP contribution in [0.2, 0.25) is 0 Å². The standard InChI is InChI=1S/C29H37N7O4/c1-6-29(2,3)36-27(32-33-34-36)26(35(18-21-10-8-12-40-21)17-19-9-7-11-30-16-19)22-13-20-14-24(38-4)25(39-5)15-23(20)31-28(22)37/h7,9,11,13-16,21,26H,6,8,10,12,17-18H2,1-5H3,(H,31,37)/t21-,26+/m1/s1. The van der Waals surface area contributed by atoms with Gasteiger partial charge in [-0.05, 0) is 67.3 Å². The van der Waals surface area contributed by atoms with E-state index in [1.165, 1.54) is 0 Å². The van der Waals surface area contributed by atoms with Crippen LogP contribution in [0.3, 0.4) is 0 Å². The zero-order chi connectivity index (χ0) is 28.3. The quantitative estimate of drug-likeness (QED) is 0.299. The minimum absolute atomic E-state index is 0.0339. The first-order chi connectivity index (χ1) is 19.3. The molecule has 1 fully saturated rings. The van der Waals surface area contributed by atoms with Crippen molar-refractivity contribution in [3.8, 4) is 11.5 Å². The van der Waals surface area contributed by atoms with Crippen molar-refractivity contribution in [3.05, 3.63) is 70.0 Å². The minimum Gasteiger partial charge on any atom is -0.493 e. The summed E-state index contributed by atoms with van der Waals surface area (Å²) in [5, 5.41) is 13.8. The molecule has 5 rings (SSSR count). The lowest BCUT2D eigenvalue weighted by Gasteiger charge is -2.34. The first-order valence-electron chi connectivity index (χ1n) is 13.7. The molecule has 4 heterocycles. The number of ether oxygens (including phenoxy) is 3. The highest BCUT2D eigenvalue weighted by Gasteiger charge is 2.36. The molecule has 1 aliphatic rings. The van der Waals surface area contributed by atoms with Crippen LogP contribution in [0.4, 0.5) is 0 Å². The van der Waals surface area contributed by atoms with E-state index in [-0.39, 0.29) is 17.2 Å². The Morgan fingerprint density at radius 3 is 2.70 bits per heavy atom. The minimum atomic E-state index is -0.563. The molecule has 11 nitrogen and oxygen atoms in total. The molecule has 1 saturated heterocycles. The number of benzene rings is 1. The fourth-order valence-electron chi connectivity index (χ4n) is 5.23. The molecule has 0 radical (unpaired) electrons. The van der Waals surface area contributed by atoms with Crippen LogP contribution >= 0.6 is 0 Å². The van der Waals surface area contributed by atoms with Crippen molar-refractivity contribution in [2.45, 2.75) is 64.3 Å². The number of methoxy groups -OCH3 is 2. The molecule has 1 aliphatic heterocycles. The van der Waals surface area contributed by atoms with Crippen molar-refractivity contribution in [2.24, 2.45) is 0 Å². The van der Waals surface area contributed by atoms with Gasteiger partial charge in [-0.15, -0.1) is 5.10 Å². The van der Waals surface area contributed by atoms with Crippen LogP contribution in [0.5, 0.6) is 11.5 Å². The number of fused-ring (bicyclic) bond motifs is 1. The third kappa shape index (κ3) is 5.57. The van der Waals surface area contributed by atoms with Gasteiger partial charge in [0.1, 0.15) is 6.04 Å². The van der Waals surface area contributed by atoms with Gasteiger partial charge >= 0.3 is 0 Å². The Bertz CT molecular complexity index is 1500. The zero-order valence-electron chi connectivity index (χ0n) is 23.8. The Morgan fingerprint density at radius 1 is 1.23 bits per heavy atom. The highest BCUT2D eigenvalue weighted by Crippen LogP contribution is 2.35. The number of rotatable bonds is 11. The highest BCUT2D eigenvalue weighted by atomic mass is 16.5. The van der Waals surface area contributed by atoms with Crippen molar-refractivity contribution < 1.29 is 14.2 Å². The van der Waals surface area contributed by atoms with Crippen molar-refractivity contribution in [3.63, 3.8) is 0 Å². The van der Waals surface area contributed by atoms with Crippen LogP contribution in [0, 0.1) is 0 Å². The van der Waals surface area contributed by atoms with Gasteiger partial charge in [0, 0.05) is 49.1 Å². The van der Waals surface area contributed by atoms with Gasteiger partial charge in [-0.2, -0.15) is 0 Å².